The van der Waals surface area contributed by atoms with E-state index in [0.717, 1.165) is 87.5 Å². The molecule has 2 saturated heterocycles. The zero-order valence-corrected chi connectivity index (χ0v) is 20.8. The highest BCUT2D eigenvalue weighted by molar-refractivity contribution is 5.69. The molecule has 0 amide bonds. The Morgan fingerprint density at radius 1 is 0.889 bits per heavy atom. The van der Waals surface area contributed by atoms with Crippen molar-refractivity contribution in [3.8, 4) is 17.0 Å². The van der Waals surface area contributed by atoms with Crippen LogP contribution in [0.2, 0.25) is 0 Å². The largest absolute Gasteiger partial charge is 0.465 e. The van der Waals surface area contributed by atoms with E-state index in [1.165, 1.54) is 11.3 Å². The predicted molar refractivity (Wildman–Crippen MR) is 144 cm³/mol. The maximum atomic E-state index is 5.98. The van der Waals surface area contributed by atoms with E-state index in [1.807, 2.05) is 16.6 Å². The smallest absolute Gasteiger partial charge is 0.199 e. The van der Waals surface area contributed by atoms with Gasteiger partial charge in [-0.2, -0.15) is 5.10 Å². The summed E-state index contributed by atoms with van der Waals surface area (Å²) < 4.78 is 13.6. The van der Waals surface area contributed by atoms with Crippen LogP contribution in [-0.2, 0) is 11.2 Å². The Hall–Kier alpha value is -3.35. The third-order valence-electron chi connectivity index (χ3n) is 7.30. The van der Waals surface area contributed by atoms with Crippen LogP contribution < -0.4 is 9.64 Å². The van der Waals surface area contributed by atoms with Crippen LogP contribution in [0.4, 0.5) is 5.69 Å². The highest BCUT2D eigenvalue weighted by Gasteiger charge is 2.18. The standard InChI is InChI=1S/C30H34N4O2/c1-2-6-24(7-3-1)13-15-32-17-19-33(20-18-32)26-14-16-34-27(22-26)23-29(31-34)25-9-11-28(12-10-25)36-30-8-4-5-21-35-30/h1-3,6-7,9-12,14,16,22-23,30H,4-5,8,13,15,17-21H2. The molecule has 186 valence electrons. The molecule has 1 atom stereocenters. The van der Waals surface area contributed by atoms with Crippen molar-refractivity contribution >= 4 is 11.2 Å². The Morgan fingerprint density at radius 3 is 2.50 bits per heavy atom. The molecule has 0 aliphatic carbocycles. The summed E-state index contributed by atoms with van der Waals surface area (Å²) in [5.74, 6) is 0.847. The first-order chi connectivity index (χ1) is 17.8. The van der Waals surface area contributed by atoms with Gasteiger partial charge in [0.05, 0.1) is 17.8 Å². The number of hydrogen-bond acceptors (Lipinski definition) is 5. The molecule has 2 aromatic heterocycles. The van der Waals surface area contributed by atoms with Gasteiger partial charge < -0.3 is 14.4 Å². The molecule has 36 heavy (non-hydrogen) atoms. The van der Waals surface area contributed by atoms with Gasteiger partial charge in [0.1, 0.15) is 5.75 Å². The van der Waals surface area contributed by atoms with Crippen molar-refractivity contribution in [2.24, 2.45) is 0 Å². The van der Waals surface area contributed by atoms with E-state index in [9.17, 15) is 0 Å². The Labute approximate surface area is 213 Å². The van der Waals surface area contributed by atoms with E-state index in [0.29, 0.717) is 0 Å². The highest BCUT2D eigenvalue weighted by Crippen LogP contribution is 2.26. The number of piperazine rings is 1. The van der Waals surface area contributed by atoms with Crippen LogP contribution in [0.1, 0.15) is 24.8 Å². The van der Waals surface area contributed by atoms with Crippen molar-refractivity contribution < 1.29 is 9.47 Å². The number of ether oxygens (including phenoxy) is 2. The van der Waals surface area contributed by atoms with Crippen LogP contribution in [0.3, 0.4) is 0 Å². The first-order valence-corrected chi connectivity index (χ1v) is 13.2. The normalized spacial score (nSPS) is 19.0. The second kappa shape index (κ2) is 10.7. The second-order valence-corrected chi connectivity index (χ2v) is 9.79. The minimum absolute atomic E-state index is 0.121. The summed E-state index contributed by atoms with van der Waals surface area (Å²) in [6, 6.07) is 25.6. The summed E-state index contributed by atoms with van der Waals surface area (Å²) in [6.07, 6.45) is 6.32. The summed E-state index contributed by atoms with van der Waals surface area (Å²) in [4.78, 5) is 5.07. The lowest BCUT2D eigenvalue weighted by Crippen LogP contribution is -2.47. The Morgan fingerprint density at radius 2 is 1.72 bits per heavy atom. The molecule has 0 N–H and O–H groups in total. The third-order valence-corrected chi connectivity index (χ3v) is 7.30. The molecule has 0 radical (unpaired) electrons. The van der Waals surface area contributed by atoms with E-state index in [4.69, 9.17) is 14.6 Å². The number of pyridine rings is 1. The highest BCUT2D eigenvalue weighted by atomic mass is 16.7. The van der Waals surface area contributed by atoms with Crippen LogP contribution in [0.25, 0.3) is 16.8 Å². The van der Waals surface area contributed by atoms with Crippen molar-refractivity contribution in [2.45, 2.75) is 32.0 Å². The Bertz CT molecular complexity index is 1260. The quantitative estimate of drug-likeness (QED) is 0.359. The molecule has 4 aromatic rings. The molecule has 6 nitrogen and oxygen atoms in total. The average molecular weight is 483 g/mol. The molecule has 2 aliphatic heterocycles. The molecule has 2 aromatic carbocycles. The fourth-order valence-corrected chi connectivity index (χ4v) is 5.14. The zero-order valence-electron chi connectivity index (χ0n) is 20.8. The summed E-state index contributed by atoms with van der Waals surface area (Å²) in [5, 5.41) is 4.80. The number of hydrogen-bond donors (Lipinski definition) is 0. The lowest BCUT2D eigenvalue weighted by atomic mass is 10.1. The van der Waals surface area contributed by atoms with Gasteiger partial charge in [0.2, 0.25) is 0 Å². The summed E-state index contributed by atoms with van der Waals surface area (Å²) in [6.45, 7) is 6.22. The van der Waals surface area contributed by atoms with Gasteiger partial charge in [0, 0.05) is 56.6 Å². The molecule has 6 heteroatoms. The number of fused-ring (bicyclic) bond motifs is 1. The molecule has 4 heterocycles. The molecular formula is C30H34N4O2. The minimum Gasteiger partial charge on any atom is -0.465 e. The van der Waals surface area contributed by atoms with Crippen LogP contribution in [0.5, 0.6) is 5.75 Å². The van der Waals surface area contributed by atoms with Crippen molar-refractivity contribution in [1.82, 2.24) is 14.5 Å². The maximum Gasteiger partial charge on any atom is 0.199 e. The summed E-state index contributed by atoms with van der Waals surface area (Å²) >= 11 is 0. The van der Waals surface area contributed by atoms with Gasteiger partial charge in [-0.25, -0.2) is 4.52 Å². The van der Waals surface area contributed by atoms with Gasteiger partial charge in [-0.05, 0) is 67.3 Å². The lowest BCUT2D eigenvalue weighted by molar-refractivity contribution is -0.105. The summed E-state index contributed by atoms with van der Waals surface area (Å²) in [5.41, 5.74) is 5.86. The number of benzene rings is 2. The molecule has 0 bridgehead atoms. The monoisotopic (exact) mass is 482 g/mol. The fraction of sp³-hybridized carbons (Fsp3) is 0.367. The van der Waals surface area contributed by atoms with E-state index in [-0.39, 0.29) is 6.29 Å². The number of rotatable bonds is 7. The number of nitrogens with zero attached hydrogens (tertiary/aromatic N) is 4. The molecule has 6 rings (SSSR count). The fourth-order valence-electron chi connectivity index (χ4n) is 5.14. The van der Waals surface area contributed by atoms with Crippen molar-refractivity contribution in [3.05, 3.63) is 84.6 Å². The van der Waals surface area contributed by atoms with E-state index >= 15 is 0 Å². The van der Waals surface area contributed by atoms with E-state index < -0.39 is 0 Å². The third kappa shape index (κ3) is 5.40. The predicted octanol–water partition coefficient (Wildman–Crippen LogP) is 5.27. The maximum absolute atomic E-state index is 5.98. The first-order valence-electron chi connectivity index (χ1n) is 13.2. The van der Waals surface area contributed by atoms with Gasteiger partial charge >= 0.3 is 0 Å². The van der Waals surface area contributed by atoms with Gasteiger partial charge in [0.15, 0.2) is 6.29 Å². The average Bonchev–Trinajstić information content (AvgIpc) is 3.37. The lowest BCUT2D eigenvalue weighted by Gasteiger charge is -2.36. The van der Waals surface area contributed by atoms with Crippen molar-refractivity contribution in [3.63, 3.8) is 0 Å². The van der Waals surface area contributed by atoms with Crippen LogP contribution >= 0.6 is 0 Å². The van der Waals surface area contributed by atoms with Crippen LogP contribution in [0.15, 0.2) is 79.0 Å². The Balaban J connectivity index is 1.07. The van der Waals surface area contributed by atoms with Gasteiger partial charge in [-0.1, -0.05) is 30.3 Å². The Kier molecular flexibility index (Phi) is 6.87. The minimum atomic E-state index is -0.121. The molecule has 0 spiro atoms. The second-order valence-electron chi connectivity index (χ2n) is 9.79. The molecule has 2 fully saturated rings. The zero-order chi connectivity index (χ0) is 24.2. The van der Waals surface area contributed by atoms with Gasteiger partial charge in [-0.3, -0.25) is 4.90 Å². The van der Waals surface area contributed by atoms with Crippen molar-refractivity contribution in [1.29, 1.82) is 0 Å². The first kappa shape index (κ1) is 23.1. The topological polar surface area (TPSA) is 42.2 Å². The molecule has 0 saturated carbocycles. The van der Waals surface area contributed by atoms with E-state index in [2.05, 4.69) is 76.7 Å². The van der Waals surface area contributed by atoms with Gasteiger partial charge in [0.25, 0.3) is 0 Å². The molecular weight excluding hydrogens is 448 g/mol. The van der Waals surface area contributed by atoms with Gasteiger partial charge in [-0.15, -0.1) is 0 Å². The number of aromatic nitrogens is 2. The molecule has 1 unspecified atom stereocenters. The van der Waals surface area contributed by atoms with Crippen molar-refractivity contribution in [2.75, 3.05) is 44.2 Å². The number of anilines is 1. The van der Waals surface area contributed by atoms with Crippen LogP contribution in [-0.4, -0.2) is 60.1 Å². The SMILES string of the molecule is c1ccc(CCN2CCN(c3ccn4nc(-c5ccc(OC6CCCCO6)cc5)cc4c3)CC2)cc1. The molecule has 2 aliphatic rings. The van der Waals surface area contributed by atoms with E-state index in [1.54, 1.807) is 0 Å². The van der Waals surface area contributed by atoms with Crippen LogP contribution in [0, 0.1) is 0 Å². The summed E-state index contributed by atoms with van der Waals surface area (Å²) in [7, 11) is 0.